The highest BCUT2D eigenvalue weighted by molar-refractivity contribution is 5.90. The number of likely N-dealkylation sites (N-methyl/N-ethyl adjacent to an activating group) is 1. The van der Waals surface area contributed by atoms with Crippen molar-refractivity contribution in [3.63, 3.8) is 0 Å². The van der Waals surface area contributed by atoms with Crippen molar-refractivity contribution in [1.82, 2.24) is 0 Å². The Morgan fingerprint density at radius 2 is 2.00 bits per heavy atom. The van der Waals surface area contributed by atoms with Gasteiger partial charge in [0, 0.05) is 37.5 Å². The number of nitrogens with zero attached hydrogens (tertiary/aromatic N) is 1. The molecule has 0 aliphatic rings. The standard InChI is InChI=1S/C19H23FN2O3/c1-22(11-12-23)17-9-7-16(8-10-17)21-19(24)6-3-13-25-18-5-2-4-15(20)14-18/h2,4-5,7-10,14,23H,3,6,11-13H2,1H3,(H,21,24). The minimum atomic E-state index is -0.344. The van der Waals surface area contributed by atoms with Crippen LogP contribution in [0.2, 0.25) is 0 Å². The Bertz CT molecular complexity index is 677. The number of carbonyl (C=O) groups excluding carboxylic acids is 1. The molecule has 0 unspecified atom stereocenters. The monoisotopic (exact) mass is 346 g/mol. The molecule has 0 spiro atoms. The van der Waals surface area contributed by atoms with Crippen molar-refractivity contribution in [1.29, 1.82) is 0 Å². The highest BCUT2D eigenvalue weighted by Gasteiger charge is 2.05. The molecule has 2 aromatic carbocycles. The first kappa shape index (κ1) is 18.7. The van der Waals surface area contributed by atoms with Gasteiger partial charge in [0.05, 0.1) is 13.2 Å². The highest BCUT2D eigenvalue weighted by Crippen LogP contribution is 2.17. The van der Waals surface area contributed by atoms with Crippen molar-refractivity contribution >= 4 is 17.3 Å². The van der Waals surface area contributed by atoms with Crippen molar-refractivity contribution in [2.75, 3.05) is 37.0 Å². The number of benzene rings is 2. The zero-order valence-electron chi connectivity index (χ0n) is 14.2. The number of anilines is 2. The van der Waals surface area contributed by atoms with E-state index < -0.39 is 0 Å². The molecule has 1 amide bonds. The van der Waals surface area contributed by atoms with Crippen molar-refractivity contribution in [3.8, 4) is 5.75 Å². The highest BCUT2D eigenvalue weighted by atomic mass is 19.1. The molecule has 0 saturated heterocycles. The van der Waals surface area contributed by atoms with Gasteiger partial charge in [0.25, 0.3) is 0 Å². The van der Waals surface area contributed by atoms with Gasteiger partial charge in [-0.25, -0.2) is 4.39 Å². The van der Waals surface area contributed by atoms with E-state index in [1.54, 1.807) is 12.1 Å². The number of aliphatic hydroxyl groups is 1. The van der Waals surface area contributed by atoms with Crippen molar-refractivity contribution in [2.24, 2.45) is 0 Å². The molecule has 2 aromatic rings. The van der Waals surface area contributed by atoms with E-state index in [1.165, 1.54) is 12.1 Å². The van der Waals surface area contributed by atoms with Gasteiger partial charge >= 0.3 is 0 Å². The van der Waals surface area contributed by atoms with Gasteiger partial charge in [0.2, 0.25) is 5.91 Å². The normalized spacial score (nSPS) is 10.4. The predicted octanol–water partition coefficient (Wildman–Crippen LogP) is 3.05. The second-order valence-electron chi connectivity index (χ2n) is 5.65. The minimum absolute atomic E-state index is 0.0900. The molecule has 25 heavy (non-hydrogen) atoms. The molecular formula is C19H23FN2O3. The lowest BCUT2D eigenvalue weighted by Crippen LogP contribution is -2.21. The number of hydrogen-bond acceptors (Lipinski definition) is 4. The Morgan fingerprint density at radius 3 is 2.68 bits per heavy atom. The average molecular weight is 346 g/mol. The zero-order chi connectivity index (χ0) is 18.1. The fourth-order valence-corrected chi connectivity index (χ4v) is 2.28. The van der Waals surface area contributed by atoms with Gasteiger partial charge in [-0.2, -0.15) is 0 Å². The summed E-state index contributed by atoms with van der Waals surface area (Å²) in [6.07, 6.45) is 0.862. The van der Waals surface area contributed by atoms with Crippen molar-refractivity contribution in [3.05, 3.63) is 54.3 Å². The van der Waals surface area contributed by atoms with Crippen LogP contribution in [0.15, 0.2) is 48.5 Å². The van der Waals surface area contributed by atoms with Crippen LogP contribution in [0.1, 0.15) is 12.8 Å². The van der Waals surface area contributed by atoms with Crippen molar-refractivity contribution in [2.45, 2.75) is 12.8 Å². The maximum Gasteiger partial charge on any atom is 0.224 e. The average Bonchev–Trinajstić information content (AvgIpc) is 2.60. The summed E-state index contributed by atoms with van der Waals surface area (Å²) >= 11 is 0. The van der Waals surface area contributed by atoms with Crippen LogP contribution in [-0.4, -0.2) is 37.8 Å². The first-order valence-corrected chi connectivity index (χ1v) is 8.19. The molecule has 0 saturated carbocycles. The third kappa shape index (κ3) is 6.43. The molecule has 0 aliphatic heterocycles. The summed E-state index contributed by atoms with van der Waals surface area (Å²) in [4.78, 5) is 13.9. The lowest BCUT2D eigenvalue weighted by atomic mass is 10.2. The Labute approximate surface area is 147 Å². The number of carbonyl (C=O) groups is 1. The van der Waals surface area contributed by atoms with E-state index in [0.717, 1.165) is 11.4 Å². The van der Waals surface area contributed by atoms with Gasteiger partial charge in [0.15, 0.2) is 0 Å². The summed E-state index contributed by atoms with van der Waals surface area (Å²) in [6.45, 7) is 0.992. The molecular weight excluding hydrogens is 323 g/mol. The van der Waals surface area contributed by atoms with Crippen LogP contribution in [0.3, 0.4) is 0 Å². The Hall–Kier alpha value is -2.60. The van der Waals surface area contributed by atoms with Gasteiger partial charge in [-0.15, -0.1) is 0 Å². The van der Waals surface area contributed by atoms with Crippen LogP contribution in [0.25, 0.3) is 0 Å². The molecule has 2 rings (SSSR count). The van der Waals surface area contributed by atoms with Crippen LogP contribution in [0, 0.1) is 5.82 Å². The molecule has 0 bridgehead atoms. The maximum atomic E-state index is 13.0. The Balaban J connectivity index is 1.71. The molecule has 0 aromatic heterocycles. The first-order chi connectivity index (χ1) is 12.1. The summed E-state index contributed by atoms with van der Waals surface area (Å²) in [5, 5.41) is 11.8. The van der Waals surface area contributed by atoms with Crippen molar-refractivity contribution < 1.29 is 19.0 Å². The second kappa shape index (κ2) is 9.64. The van der Waals surface area contributed by atoms with E-state index in [1.807, 2.05) is 36.2 Å². The number of aliphatic hydroxyl groups excluding tert-OH is 1. The molecule has 0 atom stereocenters. The topological polar surface area (TPSA) is 61.8 Å². The van der Waals surface area contributed by atoms with E-state index >= 15 is 0 Å². The summed E-state index contributed by atoms with van der Waals surface area (Å²) in [6, 6.07) is 13.4. The number of ether oxygens (including phenoxy) is 1. The largest absolute Gasteiger partial charge is 0.493 e. The summed E-state index contributed by atoms with van der Waals surface area (Å²) < 4.78 is 18.4. The summed E-state index contributed by atoms with van der Waals surface area (Å²) in [5.74, 6) is 0.0191. The van der Waals surface area contributed by atoms with E-state index in [9.17, 15) is 9.18 Å². The molecule has 0 radical (unpaired) electrons. The van der Waals surface area contributed by atoms with Crippen LogP contribution >= 0.6 is 0 Å². The SMILES string of the molecule is CN(CCO)c1ccc(NC(=O)CCCOc2cccc(F)c2)cc1. The van der Waals surface area contributed by atoms with E-state index in [-0.39, 0.29) is 18.3 Å². The van der Waals surface area contributed by atoms with Crippen LogP contribution in [-0.2, 0) is 4.79 Å². The van der Waals surface area contributed by atoms with E-state index in [4.69, 9.17) is 9.84 Å². The molecule has 0 fully saturated rings. The lowest BCUT2D eigenvalue weighted by Gasteiger charge is -2.18. The fraction of sp³-hybridized carbons (Fsp3) is 0.316. The number of hydrogen-bond donors (Lipinski definition) is 2. The smallest absolute Gasteiger partial charge is 0.224 e. The van der Waals surface area contributed by atoms with Crippen LogP contribution < -0.4 is 15.0 Å². The molecule has 134 valence electrons. The molecule has 5 nitrogen and oxygen atoms in total. The van der Waals surface area contributed by atoms with Gasteiger partial charge < -0.3 is 20.1 Å². The van der Waals surface area contributed by atoms with Gasteiger partial charge in [-0.1, -0.05) is 6.07 Å². The van der Waals surface area contributed by atoms with Gasteiger partial charge in [0.1, 0.15) is 11.6 Å². The summed E-state index contributed by atoms with van der Waals surface area (Å²) in [5.41, 5.74) is 1.69. The van der Waals surface area contributed by atoms with E-state index in [2.05, 4.69) is 5.32 Å². The number of nitrogens with one attached hydrogen (secondary N) is 1. The zero-order valence-corrected chi connectivity index (χ0v) is 14.2. The third-order valence-corrected chi connectivity index (χ3v) is 3.64. The number of rotatable bonds is 9. The molecule has 2 N–H and O–H groups in total. The Morgan fingerprint density at radius 1 is 1.24 bits per heavy atom. The van der Waals surface area contributed by atoms with Crippen LogP contribution in [0.5, 0.6) is 5.75 Å². The predicted molar refractivity (Wildman–Crippen MR) is 96.6 cm³/mol. The lowest BCUT2D eigenvalue weighted by molar-refractivity contribution is -0.116. The number of halogens is 1. The first-order valence-electron chi connectivity index (χ1n) is 8.19. The minimum Gasteiger partial charge on any atom is -0.493 e. The Kier molecular flexibility index (Phi) is 7.22. The molecule has 0 heterocycles. The molecule has 6 heteroatoms. The van der Waals surface area contributed by atoms with Gasteiger partial charge in [-0.05, 0) is 42.8 Å². The summed E-state index contributed by atoms with van der Waals surface area (Å²) in [7, 11) is 1.89. The second-order valence-corrected chi connectivity index (χ2v) is 5.65. The van der Waals surface area contributed by atoms with Gasteiger partial charge in [-0.3, -0.25) is 4.79 Å². The quantitative estimate of drug-likeness (QED) is 0.685. The fourth-order valence-electron chi connectivity index (χ4n) is 2.28. The van der Waals surface area contributed by atoms with E-state index in [0.29, 0.717) is 31.7 Å². The number of amides is 1. The molecule has 0 aliphatic carbocycles. The van der Waals surface area contributed by atoms with Crippen LogP contribution in [0.4, 0.5) is 15.8 Å². The maximum absolute atomic E-state index is 13.0. The third-order valence-electron chi connectivity index (χ3n) is 3.64.